The number of hydrogen-bond acceptors (Lipinski definition) is 4. The van der Waals surface area contributed by atoms with E-state index in [0.29, 0.717) is 19.6 Å². The quantitative estimate of drug-likeness (QED) is 0.787. The van der Waals surface area contributed by atoms with E-state index in [2.05, 4.69) is 0 Å². The molecule has 0 saturated carbocycles. The molecule has 4 heteroatoms. The first-order valence-corrected chi connectivity index (χ1v) is 7.78. The molecular formula is C18H26O4. The van der Waals surface area contributed by atoms with E-state index in [-0.39, 0.29) is 12.2 Å². The van der Waals surface area contributed by atoms with Gasteiger partial charge in [-0.15, -0.1) is 0 Å². The first-order chi connectivity index (χ1) is 10.5. The Labute approximate surface area is 132 Å². The standard InChI is InChI=1S/C18H26O4/c1-14(20-12-15-9-5-4-6-10-15)8-7-11-16(19)17-13-21-18(2,3)22-17/h4-10,14,16-17,19H,11-13H2,1-3H3/b8-7+/t14-,16+,17-/m0/s1. The molecule has 0 radical (unpaired) electrons. The van der Waals surface area contributed by atoms with Gasteiger partial charge in [0.05, 0.1) is 25.4 Å². The van der Waals surface area contributed by atoms with E-state index in [0.717, 1.165) is 5.56 Å². The number of hydrogen-bond donors (Lipinski definition) is 1. The van der Waals surface area contributed by atoms with Crippen molar-refractivity contribution in [1.82, 2.24) is 0 Å². The molecule has 0 spiro atoms. The molecule has 22 heavy (non-hydrogen) atoms. The normalized spacial score (nSPS) is 23.7. The molecule has 0 aliphatic carbocycles. The van der Waals surface area contributed by atoms with Crippen molar-refractivity contribution in [3.63, 3.8) is 0 Å². The number of rotatable bonds is 7. The van der Waals surface area contributed by atoms with Gasteiger partial charge in [-0.3, -0.25) is 0 Å². The van der Waals surface area contributed by atoms with Gasteiger partial charge in [0.2, 0.25) is 0 Å². The van der Waals surface area contributed by atoms with Crippen LogP contribution in [0.1, 0.15) is 32.8 Å². The molecule has 0 bridgehead atoms. The van der Waals surface area contributed by atoms with E-state index < -0.39 is 11.9 Å². The highest BCUT2D eigenvalue weighted by molar-refractivity contribution is 5.13. The lowest BCUT2D eigenvalue weighted by Crippen LogP contribution is -2.30. The van der Waals surface area contributed by atoms with Gasteiger partial charge >= 0.3 is 0 Å². The highest BCUT2D eigenvalue weighted by Crippen LogP contribution is 2.25. The first kappa shape index (κ1) is 17.2. The summed E-state index contributed by atoms with van der Waals surface area (Å²) in [5.74, 6) is -0.596. The van der Waals surface area contributed by atoms with Crippen molar-refractivity contribution in [1.29, 1.82) is 0 Å². The van der Waals surface area contributed by atoms with E-state index in [1.807, 2.05) is 63.3 Å². The highest BCUT2D eigenvalue weighted by atomic mass is 16.7. The molecule has 122 valence electrons. The Morgan fingerprint density at radius 3 is 2.73 bits per heavy atom. The molecule has 1 aromatic carbocycles. The van der Waals surface area contributed by atoms with Crippen molar-refractivity contribution >= 4 is 0 Å². The first-order valence-electron chi connectivity index (χ1n) is 7.78. The molecule has 1 fully saturated rings. The summed E-state index contributed by atoms with van der Waals surface area (Å²) in [5.41, 5.74) is 1.15. The lowest BCUT2D eigenvalue weighted by molar-refractivity contribution is -0.150. The van der Waals surface area contributed by atoms with Gasteiger partial charge in [-0.25, -0.2) is 0 Å². The molecular weight excluding hydrogens is 280 g/mol. The molecule has 1 N–H and O–H groups in total. The predicted molar refractivity (Wildman–Crippen MR) is 85.4 cm³/mol. The number of aliphatic hydroxyl groups excluding tert-OH is 1. The van der Waals surface area contributed by atoms with Gasteiger partial charge < -0.3 is 19.3 Å². The maximum Gasteiger partial charge on any atom is 0.163 e. The van der Waals surface area contributed by atoms with Crippen molar-refractivity contribution in [2.75, 3.05) is 6.61 Å². The molecule has 2 rings (SSSR count). The SMILES string of the molecule is C[C@@H](/C=C/C[C@@H](O)[C@@H]1COC(C)(C)O1)OCc1ccccc1. The second-order valence-corrected chi connectivity index (χ2v) is 6.10. The van der Waals surface area contributed by atoms with Crippen LogP contribution < -0.4 is 0 Å². The van der Waals surface area contributed by atoms with Crippen LogP contribution in [0.2, 0.25) is 0 Å². The van der Waals surface area contributed by atoms with Crippen molar-refractivity contribution in [2.24, 2.45) is 0 Å². The fraction of sp³-hybridized carbons (Fsp3) is 0.556. The summed E-state index contributed by atoms with van der Waals surface area (Å²) in [5, 5.41) is 10.1. The zero-order valence-electron chi connectivity index (χ0n) is 13.6. The van der Waals surface area contributed by atoms with E-state index in [1.165, 1.54) is 0 Å². The molecule has 3 atom stereocenters. The summed E-state index contributed by atoms with van der Waals surface area (Å²) in [7, 11) is 0. The van der Waals surface area contributed by atoms with Crippen LogP contribution >= 0.6 is 0 Å². The Hall–Kier alpha value is -1.20. The topological polar surface area (TPSA) is 47.9 Å². The van der Waals surface area contributed by atoms with Crippen LogP contribution in [-0.4, -0.2) is 35.8 Å². The number of aliphatic hydroxyl groups is 1. The molecule has 0 aromatic heterocycles. The highest BCUT2D eigenvalue weighted by Gasteiger charge is 2.36. The number of benzene rings is 1. The summed E-state index contributed by atoms with van der Waals surface area (Å²) in [6, 6.07) is 10.1. The Morgan fingerprint density at radius 1 is 1.36 bits per heavy atom. The smallest absolute Gasteiger partial charge is 0.163 e. The fourth-order valence-corrected chi connectivity index (χ4v) is 2.32. The number of ether oxygens (including phenoxy) is 3. The molecule has 1 saturated heterocycles. The summed E-state index contributed by atoms with van der Waals surface area (Å²) >= 11 is 0. The Morgan fingerprint density at radius 2 is 2.09 bits per heavy atom. The van der Waals surface area contributed by atoms with Gasteiger partial charge in [-0.05, 0) is 32.8 Å². The van der Waals surface area contributed by atoms with Gasteiger partial charge in [0.15, 0.2) is 5.79 Å². The van der Waals surface area contributed by atoms with Crippen LogP contribution in [0.3, 0.4) is 0 Å². The third-order valence-corrected chi connectivity index (χ3v) is 3.60. The van der Waals surface area contributed by atoms with Crippen LogP contribution in [0.25, 0.3) is 0 Å². The summed E-state index contributed by atoms with van der Waals surface area (Å²) in [6.07, 6.45) is 3.62. The molecule has 1 aromatic rings. The van der Waals surface area contributed by atoms with E-state index in [4.69, 9.17) is 14.2 Å². The van der Waals surface area contributed by atoms with Crippen molar-refractivity contribution in [3.05, 3.63) is 48.0 Å². The lowest BCUT2D eigenvalue weighted by Gasteiger charge is -2.19. The van der Waals surface area contributed by atoms with Gasteiger partial charge in [0.25, 0.3) is 0 Å². The third-order valence-electron chi connectivity index (χ3n) is 3.60. The Balaban J connectivity index is 1.68. The van der Waals surface area contributed by atoms with E-state index in [1.54, 1.807) is 0 Å². The molecule has 0 amide bonds. The van der Waals surface area contributed by atoms with Crippen LogP contribution in [0.5, 0.6) is 0 Å². The third kappa shape index (κ3) is 5.54. The lowest BCUT2D eigenvalue weighted by atomic mass is 10.1. The van der Waals surface area contributed by atoms with Crippen molar-refractivity contribution < 1.29 is 19.3 Å². The second kappa shape index (κ2) is 7.88. The minimum absolute atomic E-state index is 0.00425. The Bertz CT molecular complexity index is 469. The largest absolute Gasteiger partial charge is 0.390 e. The summed E-state index contributed by atoms with van der Waals surface area (Å²) in [4.78, 5) is 0. The van der Waals surface area contributed by atoms with Gasteiger partial charge in [0, 0.05) is 0 Å². The zero-order chi connectivity index (χ0) is 16.0. The fourth-order valence-electron chi connectivity index (χ4n) is 2.32. The zero-order valence-corrected chi connectivity index (χ0v) is 13.6. The predicted octanol–water partition coefficient (Wildman–Crippen LogP) is 3.05. The minimum atomic E-state index is -0.596. The van der Waals surface area contributed by atoms with Crippen LogP contribution in [0.15, 0.2) is 42.5 Å². The average molecular weight is 306 g/mol. The monoisotopic (exact) mass is 306 g/mol. The molecule has 1 heterocycles. The summed E-state index contributed by atoms with van der Waals surface area (Å²) in [6.45, 7) is 6.72. The van der Waals surface area contributed by atoms with Crippen molar-refractivity contribution in [2.45, 2.75) is 57.9 Å². The van der Waals surface area contributed by atoms with Crippen LogP contribution in [-0.2, 0) is 20.8 Å². The van der Waals surface area contributed by atoms with Gasteiger partial charge in [-0.1, -0.05) is 42.5 Å². The maximum absolute atomic E-state index is 10.1. The van der Waals surface area contributed by atoms with Gasteiger partial charge in [-0.2, -0.15) is 0 Å². The van der Waals surface area contributed by atoms with E-state index in [9.17, 15) is 5.11 Å². The maximum atomic E-state index is 10.1. The minimum Gasteiger partial charge on any atom is -0.390 e. The second-order valence-electron chi connectivity index (χ2n) is 6.10. The van der Waals surface area contributed by atoms with Gasteiger partial charge in [0.1, 0.15) is 6.10 Å². The molecule has 0 unspecified atom stereocenters. The van der Waals surface area contributed by atoms with Crippen LogP contribution in [0.4, 0.5) is 0 Å². The molecule has 1 aliphatic heterocycles. The van der Waals surface area contributed by atoms with Crippen molar-refractivity contribution in [3.8, 4) is 0 Å². The van der Waals surface area contributed by atoms with Crippen LogP contribution in [0, 0.1) is 0 Å². The average Bonchev–Trinajstić information content (AvgIpc) is 2.86. The van der Waals surface area contributed by atoms with E-state index >= 15 is 0 Å². The summed E-state index contributed by atoms with van der Waals surface area (Å²) < 4.78 is 16.8. The molecule has 1 aliphatic rings. The Kier molecular flexibility index (Phi) is 6.15. The molecule has 4 nitrogen and oxygen atoms in total.